The second-order valence-electron chi connectivity index (χ2n) is 6.47. The number of halogens is 2. The summed E-state index contributed by atoms with van der Waals surface area (Å²) in [7, 11) is 0. The molecule has 0 saturated heterocycles. The van der Waals surface area contributed by atoms with Crippen LogP contribution in [0, 0.1) is 10.1 Å². The highest BCUT2D eigenvalue weighted by Gasteiger charge is 2.14. The molecule has 31 heavy (non-hydrogen) atoms. The Kier molecular flexibility index (Phi) is 5.75. The first-order valence-corrected chi connectivity index (χ1v) is 9.79. The van der Waals surface area contributed by atoms with Gasteiger partial charge < -0.3 is 8.83 Å². The zero-order valence-electron chi connectivity index (χ0n) is 15.7. The molecule has 0 radical (unpaired) electrons. The summed E-state index contributed by atoms with van der Waals surface area (Å²) in [4.78, 5) is 22.9. The lowest BCUT2D eigenvalue weighted by molar-refractivity contribution is -0.384. The van der Waals surface area contributed by atoms with Crippen molar-refractivity contribution in [2.45, 2.75) is 0 Å². The highest BCUT2D eigenvalue weighted by Crippen LogP contribution is 2.34. The molecule has 0 atom stereocenters. The summed E-state index contributed by atoms with van der Waals surface area (Å²) in [5.41, 5.74) is 1.12. The molecule has 0 aliphatic carbocycles. The molecule has 154 valence electrons. The molecule has 0 N–H and O–H groups in total. The maximum absolute atomic E-state index is 12.5. The maximum atomic E-state index is 12.5. The Balaban J connectivity index is 1.51. The van der Waals surface area contributed by atoms with E-state index in [1.165, 1.54) is 24.3 Å². The molecule has 0 bridgehead atoms. The smallest absolute Gasteiger partial charge is 0.270 e. The van der Waals surface area contributed by atoms with E-state index in [2.05, 4.69) is 0 Å². The van der Waals surface area contributed by atoms with Crippen molar-refractivity contribution >= 4 is 40.7 Å². The van der Waals surface area contributed by atoms with Crippen molar-refractivity contribution in [3.05, 3.63) is 104 Å². The second-order valence-corrected chi connectivity index (χ2v) is 7.26. The first-order valence-electron chi connectivity index (χ1n) is 9.03. The predicted octanol–water partition coefficient (Wildman–Crippen LogP) is 7.32. The Hall–Kier alpha value is -3.61. The summed E-state index contributed by atoms with van der Waals surface area (Å²) < 4.78 is 11.3. The molecule has 4 rings (SSSR count). The lowest BCUT2D eigenvalue weighted by Crippen LogP contribution is -1.90. The number of hydrogen-bond acceptors (Lipinski definition) is 5. The summed E-state index contributed by atoms with van der Waals surface area (Å²) in [5, 5.41) is 11.7. The summed E-state index contributed by atoms with van der Waals surface area (Å²) in [6.07, 6.45) is 2.82. The van der Waals surface area contributed by atoms with Gasteiger partial charge in [0.05, 0.1) is 15.0 Å². The SMILES string of the molecule is O=C(C=Cc1ccc(-c2cccc([N+](=O)[O-])c2)o1)c1ccc(-c2cccc(Cl)c2Cl)o1. The number of carbonyl (C=O) groups excluding carboxylic acids is 1. The zero-order valence-corrected chi connectivity index (χ0v) is 17.3. The van der Waals surface area contributed by atoms with E-state index in [4.69, 9.17) is 32.0 Å². The minimum absolute atomic E-state index is 0.0328. The van der Waals surface area contributed by atoms with Crippen molar-refractivity contribution in [1.82, 2.24) is 0 Å². The van der Waals surface area contributed by atoms with E-state index in [9.17, 15) is 14.9 Å². The molecular formula is C23H13Cl2NO5. The average molecular weight is 454 g/mol. The summed E-state index contributed by atoms with van der Waals surface area (Å²) in [6.45, 7) is 0. The van der Waals surface area contributed by atoms with Gasteiger partial charge in [-0.2, -0.15) is 0 Å². The van der Waals surface area contributed by atoms with Gasteiger partial charge >= 0.3 is 0 Å². The first-order chi connectivity index (χ1) is 14.9. The third kappa shape index (κ3) is 4.45. The normalized spacial score (nSPS) is 11.2. The van der Waals surface area contributed by atoms with Crippen molar-refractivity contribution in [2.75, 3.05) is 0 Å². The fourth-order valence-corrected chi connectivity index (χ4v) is 3.31. The van der Waals surface area contributed by atoms with Gasteiger partial charge in [-0.05, 0) is 48.6 Å². The van der Waals surface area contributed by atoms with E-state index in [1.807, 2.05) is 0 Å². The Bertz CT molecular complexity index is 1320. The zero-order chi connectivity index (χ0) is 22.0. The van der Waals surface area contributed by atoms with Gasteiger partial charge in [-0.15, -0.1) is 0 Å². The Morgan fingerprint density at radius 1 is 0.935 bits per heavy atom. The van der Waals surface area contributed by atoms with Crippen LogP contribution >= 0.6 is 23.2 Å². The molecule has 6 nitrogen and oxygen atoms in total. The van der Waals surface area contributed by atoms with E-state index >= 15 is 0 Å². The fraction of sp³-hybridized carbons (Fsp3) is 0. The standard InChI is InChI=1S/C23H13Cl2NO5/c24-18-6-2-5-17(23(18)25)21-11-12-22(31-21)19(27)9-7-16-8-10-20(30-16)14-3-1-4-15(13-14)26(28)29/h1-13H. The lowest BCUT2D eigenvalue weighted by Gasteiger charge is -2.01. The molecule has 0 fully saturated rings. The van der Waals surface area contributed by atoms with E-state index in [0.29, 0.717) is 38.5 Å². The number of benzene rings is 2. The Morgan fingerprint density at radius 3 is 2.52 bits per heavy atom. The van der Waals surface area contributed by atoms with E-state index in [-0.39, 0.29) is 17.2 Å². The third-order valence-electron chi connectivity index (χ3n) is 4.43. The molecule has 0 aliphatic heterocycles. The van der Waals surface area contributed by atoms with Gasteiger partial charge in [0.25, 0.3) is 5.69 Å². The molecule has 8 heteroatoms. The molecule has 4 aromatic rings. The van der Waals surface area contributed by atoms with Crippen LogP contribution in [-0.2, 0) is 0 Å². The van der Waals surface area contributed by atoms with Crippen LogP contribution in [0.5, 0.6) is 0 Å². The summed E-state index contributed by atoms with van der Waals surface area (Å²) >= 11 is 12.2. The lowest BCUT2D eigenvalue weighted by atomic mass is 10.1. The highest BCUT2D eigenvalue weighted by molar-refractivity contribution is 6.43. The van der Waals surface area contributed by atoms with Gasteiger partial charge in [0.1, 0.15) is 17.3 Å². The van der Waals surface area contributed by atoms with Gasteiger partial charge in [0.2, 0.25) is 5.78 Å². The first kappa shape index (κ1) is 20.7. The topological polar surface area (TPSA) is 86.5 Å². The minimum atomic E-state index is -0.472. The fourth-order valence-electron chi connectivity index (χ4n) is 2.92. The van der Waals surface area contributed by atoms with Crippen molar-refractivity contribution in [2.24, 2.45) is 0 Å². The van der Waals surface area contributed by atoms with E-state index in [1.54, 1.807) is 54.6 Å². The largest absolute Gasteiger partial charge is 0.457 e. The number of nitro benzene ring substituents is 1. The quantitative estimate of drug-likeness (QED) is 0.132. The number of ketones is 1. The maximum Gasteiger partial charge on any atom is 0.270 e. The molecule has 2 aromatic heterocycles. The van der Waals surface area contributed by atoms with Gasteiger partial charge in [-0.1, -0.05) is 41.4 Å². The van der Waals surface area contributed by atoms with E-state index < -0.39 is 4.92 Å². The van der Waals surface area contributed by atoms with Crippen molar-refractivity contribution in [3.8, 4) is 22.6 Å². The molecule has 2 heterocycles. The molecule has 0 unspecified atom stereocenters. The average Bonchev–Trinajstić information content (AvgIpc) is 3.44. The Labute approximate surface area is 186 Å². The molecular weight excluding hydrogens is 441 g/mol. The monoisotopic (exact) mass is 453 g/mol. The number of nitro groups is 1. The van der Waals surface area contributed by atoms with E-state index in [0.717, 1.165) is 0 Å². The van der Waals surface area contributed by atoms with Crippen LogP contribution in [-0.4, -0.2) is 10.7 Å². The number of allylic oxidation sites excluding steroid dienone is 1. The van der Waals surface area contributed by atoms with Crippen LogP contribution in [0.15, 0.2) is 81.6 Å². The molecule has 0 saturated carbocycles. The van der Waals surface area contributed by atoms with Crippen molar-refractivity contribution in [3.63, 3.8) is 0 Å². The van der Waals surface area contributed by atoms with Crippen molar-refractivity contribution in [1.29, 1.82) is 0 Å². The predicted molar refractivity (Wildman–Crippen MR) is 118 cm³/mol. The van der Waals surface area contributed by atoms with Crippen LogP contribution < -0.4 is 0 Å². The minimum Gasteiger partial charge on any atom is -0.457 e. The highest BCUT2D eigenvalue weighted by atomic mass is 35.5. The van der Waals surface area contributed by atoms with Gasteiger partial charge in [-0.3, -0.25) is 14.9 Å². The number of furan rings is 2. The molecule has 0 aliphatic rings. The van der Waals surface area contributed by atoms with Crippen LogP contribution in [0.4, 0.5) is 5.69 Å². The number of rotatable bonds is 6. The van der Waals surface area contributed by atoms with Gasteiger partial charge in [-0.25, -0.2) is 0 Å². The molecule has 0 amide bonds. The molecule has 0 spiro atoms. The number of non-ortho nitro benzene ring substituents is 1. The van der Waals surface area contributed by atoms with Crippen LogP contribution in [0.3, 0.4) is 0 Å². The van der Waals surface area contributed by atoms with Crippen LogP contribution in [0.25, 0.3) is 28.7 Å². The van der Waals surface area contributed by atoms with Gasteiger partial charge in [0.15, 0.2) is 5.76 Å². The van der Waals surface area contributed by atoms with Crippen molar-refractivity contribution < 1.29 is 18.6 Å². The van der Waals surface area contributed by atoms with Crippen LogP contribution in [0.1, 0.15) is 16.3 Å². The second kappa shape index (κ2) is 8.63. The third-order valence-corrected chi connectivity index (χ3v) is 5.25. The molecule has 2 aromatic carbocycles. The summed E-state index contributed by atoms with van der Waals surface area (Å²) in [5.74, 6) is 1.06. The number of carbonyl (C=O) groups is 1. The Morgan fingerprint density at radius 2 is 1.71 bits per heavy atom. The number of nitrogens with zero attached hydrogens (tertiary/aromatic N) is 1. The van der Waals surface area contributed by atoms with Gasteiger partial charge in [0, 0.05) is 23.3 Å². The summed E-state index contributed by atoms with van der Waals surface area (Å²) in [6, 6.07) is 17.8. The van der Waals surface area contributed by atoms with Crippen LogP contribution in [0.2, 0.25) is 10.0 Å². The number of hydrogen-bond donors (Lipinski definition) is 0.